The van der Waals surface area contributed by atoms with Gasteiger partial charge in [0, 0.05) is 6.21 Å². The lowest BCUT2D eigenvalue weighted by molar-refractivity contribution is -0.150. The highest BCUT2D eigenvalue weighted by atomic mass is 16.6. The molecular weight excluding hydrogens is 791 g/mol. The van der Waals surface area contributed by atoms with E-state index in [1.165, 1.54) is 13.1 Å². The van der Waals surface area contributed by atoms with Crippen LogP contribution in [0.1, 0.15) is 85.8 Å². The van der Waals surface area contributed by atoms with E-state index in [1.807, 2.05) is 19.9 Å². The highest BCUT2D eigenvalue weighted by Crippen LogP contribution is 2.18. The van der Waals surface area contributed by atoms with E-state index in [4.69, 9.17) is 14.2 Å². The number of ether oxygens (including phenoxy) is 3. The minimum atomic E-state index is -1.50. The number of amides is 6. The fourth-order valence-corrected chi connectivity index (χ4v) is 5.87. The third kappa shape index (κ3) is 16.3. The summed E-state index contributed by atoms with van der Waals surface area (Å²) in [5.74, 6) is -4.31. The molecule has 0 unspecified atom stereocenters. The second-order valence-corrected chi connectivity index (χ2v) is 16.0. The lowest BCUT2D eigenvalue weighted by atomic mass is 10.0. The van der Waals surface area contributed by atoms with Gasteiger partial charge in [-0.2, -0.15) is 5.10 Å². The molecule has 1 aliphatic heterocycles. The van der Waals surface area contributed by atoms with Crippen LogP contribution in [0.2, 0.25) is 0 Å². The van der Waals surface area contributed by atoms with Crippen molar-refractivity contribution in [3.05, 3.63) is 83.1 Å². The molecular formula is C43H59N7O11. The maximum Gasteiger partial charge on any atom is 0.408 e. The maximum absolute atomic E-state index is 14.3. The second-order valence-electron chi connectivity index (χ2n) is 16.0. The molecule has 3 rings (SSSR count). The Labute approximate surface area is 356 Å². The second kappa shape index (κ2) is 23.5. The van der Waals surface area contributed by atoms with Gasteiger partial charge in [0.25, 0.3) is 11.8 Å². The lowest BCUT2D eigenvalue weighted by Crippen LogP contribution is -2.62. The Kier molecular flexibility index (Phi) is 18.9. The number of carbonyl (C=O) groups excluding carboxylic acids is 7. The topological polar surface area (TPSA) is 243 Å². The molecule has 0 radical (unpaired) electrons. The molecule has 6 amide bonds. The van der Waals surface area contributed by atoms with Crippen molar-refractivity contribution < 1.29 is 52.9 Å². The SMILES string of the molecule is CC(C)=C(NC(=O)[C@H](CC(C)C)NC(=O)[C@@H]1CCC=NN1C(=O)[C@@H](NC(=O)OC(C)(C)C)[C@H](C)NC(=O)OCc1ccccc1)C(=O)N[C@@H](CO)C(=O)OCc1ccccc1. The summed E-state index contributed by atoms with van der Waals surface area (Å²) in [6, 6.07) is 11.2. The molecule has 61 heavy (non-hydrogen) atoms. The number of esters is 1. The minimum Gasteiger partial charge on any atom is -0.459 e. The first-order chi connectivity index (χ1) is 28.8. The predicted molar refractivity (Wildman–Crippen MR) is 224 cm³/mol. The Hall–Kier alpha value is -6.30. The summed E-state index contributed by atoms with van der Waals surface area (Å²) in [6.07, 6.45) is 0.0582. The first-order valence-corrected chi connectivity index (χ1v) is 20.0. The molecule has 0 aromatic heterocycles. The number of hydrazone groups is 1. The predicted octanol–water partition coefficient (Wildman–Crippen LogP) is 3.33. The molecule has 0 bridgehead atoms. The summed E-state index contributed by atoms with van der Waals surface area (Å²) < 4.78 is 16.0. The van der Waals surface area contributed by atoms with Crippen molar-refractivity contribution in [1.82, 2.24) is 31.6 Å². The molecule has 0 aliphatic carbocycles. The monoisotopic (exact) mass is 849 g/mol. The van der Waals surface area contributed by atoms with Crippen LogP contribution in [0, 0.1) is 5.92 Å². The molecule has 2 aromatic rings. The van der Waals surface area contributed by atoms with E-state index in [0.717, 1.165) is 10.6 Å². The van der Waals surface area contributed by atoms with Gasteiger partial charge < -0.3 is 45.9 Å². The van der Waals surface area contributed by atoms with Crippen molar-refractivity contribution in [3.8, 4) is 0 Å². The third-order valence-corrected chi connectivity index (χ3v) is 8.91. The Bertz CT molecular complexity index is 1890. The van der Waals surface area contributed by atoms with E-state index in [2.05, 4.69) is 31.7 Å². The maximum atomic E-state index is 14.3. The zero-order valence-corrected chi connectivity index (χ0v) is 36.0. The first-order valence-electron chi connectivity index (χ1n) is 20.0. The molecule has 0 saturated carbocycles. The smallest absolute Gasteiger partial charge is 0.408 e. The molecule has 0 spiro atoms. The molecule has 5 atom stereocenters. The summed E-state index contributed by atoms with van der Waals surface area (Å²) in [5, 5.41) is 27.7. The Morgan fingerprint density at radius 2 is 1.39 bits per heavy atom. The van der Waals surface area contributed by atoms with Gasteiger partial charge >= 0.3 is 18.2 Å². The van der Waals surface area contributed by atoms with E-state index in [9.17, 15) is 38.7 Å². The average molecular weight is 850 g/mol. The molecule has 332 valence electrons. The van der Waals surface area contributed by atoms with Gasteiger partial charge in [0.1, 0.15) is 42.6 Å². The molecule has 6 N–H and O–H groups in total. The molecule has 0 saturated heterocycles. The number of rotatable bonds is 18. The van der Waals surface area contributed by atoms with Crippen LogP contribution in [-0.2, 0) is 51.4 Å². The number of carbonyl (C=O) groups is 7. The number of aliphatic hydroxyl groups excluding tert-OH is 1. The fraction of sp³-hybridized carbons (Fsp3) is 0.488. The van der Waals surface area contributed by atoms with Crippen molar-refractivity contribution in [2.75, 3.05) is 6.61 Å². The van der Waals surface area contributed by atoms with Crippen LogP contribution < -0.4 is 26.6 Å². The van der Waals surface area contributed by atoms with E-state index in [1.54, 1.807) is 89.2 Å². The van der Waals surface area contributed by atoms with Gasteiger partial charge in [0.2, 0.25) is 11.8 Å². The zero-order chi connectivity index (χ0) is 45.3. The number of alkyl carbamates (subject to hydrolysis) is 2. The quantitative estimate of drug-likeness (QED) is 0.0722. The van der Waals surface area contributed by atoms with Gasteiger partial charge in [0.15, 0.2) is 6.04 Å². The zero-order valence-electron chi connectivity index (χ0n) is 36.0. The van der Waals surface area contributed by atoms with Crippen molar-refractivity contribution in [1.29, 1.82) is 0 Å². The van der Waals surface area contributed by atoms with Crippen molar-refractivity contribution in [2.45, 2.75) is 124 Å². The fourth-order valence-electron chi connectivity index (χ4n) is 5.87. The number of hydrogen-bond acceptors (Lipinski definition) is 12. The van der Waals surface area contributed by atoms with Crippen LogP contribution in [0.25, 0.3) is 0 Å². The highest BCUT2D eigenvalue weighted by Gasteiger charge is 2.40. The molecule has 1 heterocycles. The summed E-state index contributed by atoms with van der Waals surface area (Å²) in [7, 11) is 0. The van der Waals surface area contributed by atoms with E-state index < -0.39 is 84.2 Å². The summed E-state index contributed by atoms with van der Waals surface area (Å²) in [4.78, 5) is 94.2. The normalized spacial score (nSPS) is 15.5. The van der Waals surface area contributed by atoms with Gasteiger partial charge in [-0.25, -0.2) is 19.4 Å². The number of allylic oxidation sites excluding steroid dienone is 1. The number of nitrogens with one attached hydrogen (secondary N) is 5. The van der Waals surface area contributed by atoms with E-state index in [0.29, 0.717) is 11.1 Å². The largest absolute Gasteiger partial charge is 0.459 e. The van der Waals surface area contributed by atoms with Crippen LogP contribution in [0.3, 0.4) is 0 Å². The highest BCUT2D eigenvalue weighted by molar-refractivity contribution is 6.02. The van der Waals surface area contributed by atoms with E-state index >= 15 is 0 Å². The van der Waals surface area contributed by atoms with Crippen LogP contribution in [-0.4, -0.2) is 101 Å². The van der Waals surface area contributed by atoms with Crippen LogP contribution in [0.4, 0.5) is 9.59 Å². The Balaban J connectivity index is 1.78. The van der Waals surface area contributed by atoms with Crippen molar-refractivity contribution >= 4 is 48.0 Å². The number of aliphatic hydroxyl groups is 1. The van der Waals surface area contributed by atoms with Gasteiger partial charge in [-0.3, -0.25) is 19.2 Å². The van der Waals surface area contributed by atoms with Crippen molar-refractivity contribution in [2.24, 2.45) is 11.0 Å². The molecule has 2 aromatic carbocycles. The van der Waals surface area contributed by atoms with E-state index in [-0.39, 0.29) is 44.1 Å². The van der Waals surface area contributed by atoms with Crippen LogP contribution >= 0.6 is 0 Å². The number of nitrogens with zero attached hydrogens (tertiary/aromatic N) is 2. The average Bonchev–Trinajstić information content (AvgIpc) is 3.21. The van der Waals surface area contributed by atoms with Gasteiger partial charge in [-0.1, -0.05) is 74.5 Å². The standard InChI is InChI=1S/C43H59N7O11/c1-26(2)22-31(36(52)48-34(27(3)4)38(54)47-32(23-51)40(56)59-24-29-16-11-9-12-17-29)46-37(53)33-20-15-21-44-50(33)39(55)35(49-42(58)61-43(6,7)8)28(5)45-41(57)60-25-30-18-13-10-14-19-30/h9-14,16-19,21,26,28,31-33,35,51H,15,20,22-25H2,1-8H3,(H,45,57)(H,46,53)(H,47,54)(H,48,52)(H,49,58)/t28-,31-,32-,33-,35-/m0/s1. The van der Waals surface area contributed by atoms with Crippen LogP contribution in [0.15, 0.2) is 77.0 Å². The number of hydrogen-bond donors (Lipinski definition) is 6. The Morgan fingerprint density at radius 1 is 0.803 bits per heavy atom. The Morgan fingerprint density at radius 3 is 1.93 bits per heavy atom. The van der Waals surface area contributed by atoms with Crippen LogP contribution in [0.5, 0.6) is 0 Å². The summed E-state index contributed by atoms with van der Waals surface area (Å²) in [5.41, 5.74) is 0.604. The first kappa shape index (κ1) is 49.1. The van der Waals surface area contributed by atoms with Gasteiger partial charge in [-0.05, 0) is 83.4 Å². The number of benzene rings is 2. The third-order valence-electron chi connectivity index (χ3n) is 8.91. The van der Waals surface area contributed by atoms with Gasteiger partial charge in [0.05, 0.1) is 12.6 Å². The molecule has 18 nitrogen and oxygen atoms in total. The molecule has 18 heteroatoms. The van der Waals surface area contributed by atoms with Crippen molar-refractivity contribution in [3.63, 3.8) is 0 Å². The summed E-state index contributed by atoms with van der Waals surface area (Å²) in [6.45, 7) is 12.2. The minimum absolute atomic E-state index is 0.0614. The lowest BCUT2D eigenvalue weighted by Gasteiger charge is -2.35. The molecule has 0 fully saturated rings. The van der Waals surface area contributed by atoms with Gasteiger partial charge in [-0.15, -0.1) is 0 Å². The summed E-state index contributed by atoms with van der Waals surface area (Å²) >= 11 is 0. The molecule has 1 aliphatic rings.